The number of benzene rings is 2. The summed E-state index contributed by atoms with van der Waals surface area (Å²) in [5, 5.41) is 3.50. The van der Waals surface area contributed by atoms with Gasteiger partial charge in [0.2, 0.25) is 0 Å². The van der Waals surface area contributed by atoms with E-state index >= 15 is 0 Å². The van der Waals surface area contributed by atoms with Crippen LogP contribution in [-0.2, 0) is 6.54 Å². The molecule has 0 aliphatic rings. The van der Waals surface area contributed by atoms with Gasteiger partial charge in [-0.05, 0) is 50.0 Å². The van der Waals surface area contributed by atoms with Gasteiger partial charge >= 0.3 is 0 Å². The van der Waals surface area contributed by atoms with Crippen LogP contribution in [0.2, 0.25) is 5.02 Å². The molecule has 0 spiro atoms. The first-order chi connectivity index (χ1) is 12.0. The zero-order valence-corrected chi connectivity index (χ0v) is 14.9. The smallest absolute Gasteiger partial charge is 0.291 e. The van der Waals surface area contributed by atoms with E-state index in [0.717, 1.165) is 23.4 Å². The highest BCUT2D eigenvalue weighted by molar-refractivity contribution is 6.33. The first kappa shape index (κ1) is 17.3. The molecule has 0 radical (unpaired) electrons. The second-order valence-electron chi connectivity index (χ2n) is 5.99. The molecule has 5 heteroatoms. The van der Waals surface area contributed by atoms with Crippen molar-refractivity contribution in [3.05, 3.63) is 77.0 Å². The van der Waals surface area contributed by atoms with E-state index in [1.165, 1.54) is 0 Å². The molecular weight excluding hydrogens is 336 g/mol. The van der Waals surface area contributed by atoms with Gasteiger partial charge < -0.3 is 14.6 Å². The van der Waals surface area contributed by atoms with Crippen molar-refractivity contribution < 1.29 is 9.21 Å². The number of nitrogens with one attached hydrogen (secondary N) is 1. The fourth-order valence-corrected chi connectivity index (χ4v) is 2.80. The average molecular weight is 355 g/mol. The number of rotatable bonds is 5. The van der Waals surface area contributed by atoms with Gasteiger partial charge in [-0.15, -0.1) is 0 Å². The molecule has 2 aromatic carbocycles. The molecule has 4 nitrogen and oxygen atoms in total. The summed E-state index contributed by atoms with van der Waals surface area (Å²) in [5.41, 5.74) is 2.58. The molecule has 1 N–H and O–H groups in total. The summed E-state index contributed by atoms with van der Waals surface area (Å²) in [6, 6.07) is 18.5. The summed E-state index contributed by atoms with van der Waals surface area (Å²) in [7, 11) is 3.97. The standard InChI is InChI=1S/C20H19ClN2O2/c1-23(2)13-14-7-3-6-10-17(14)22-20(24)19-12-11-18(25-19)15-8-4-5-9-16(15)21/h3-12H,13H2,1-2H3,(H,22,24). The highest BCUT2D eigenvalue weighted by Gasteiger charge is 2.15. The van der Waals surface area contributed by atoms with E-state index in [1.807, 2.05) is 61.5 Å². The number of hydrogen-bond acceptors (Lipinski definition) is 3. The molecule has 0 unspecified atom stereocenters. The Morgan fingerprint density at radius 2 is 1.76 bits per heavy atom. The van der Waals surface area contributed by atoms with E-state index in [4.69, 9.17) is 16.0 Å². The molecule has 1 amide bonds. The Morgan fingerprint density at radius 1 is 1.04 bits per heavy atom. The van der Waals surface area contributed by atoms with Crippen LogP contribution in [0.1, 0.15) is 16.1 Å². The Kier molecular flexibility index (Phi) is 5.22. The second kappa shape index (κ2) is 7.55. The van der Waals surface area contributed by atoms with Crippen molar-refractivity contribution in [1.82, 2.24) is 4.90 Å². The molecule has 0 aliphatic heterocycles. The number of carbonyl (C=O) groups is 1. The molecule has 3 rings (SSSR count). The molecule has 0 bridgehead atoms. The van der Waals surface area contributed by atoms with Gasteiger partial charge in [-0.3, -0.25) is 4.79 Å². The van der Waals surface area contributed by atoms with Gasteiger partial charge in [0.15, 0.2) is 5.76 Å². The highest BCUT2D eigenvalue weighted by atomic mass is 35.5. The molecule has 0 saturated carbocycles. The first-order valence-electron chi connectivity index (χ1n) is 7.93. The summed E-state index contributed by atoms with van der Waals surface area (Å²) in [6.45, 7) is 0.736. The lowest BCUT2D eigenvalue weighted by atomic mass is 10.1. The predicted octanol–water partition coefficient (Wildman–Crippen LogP) is 4.91. The number of hydrogen-bond donors (Lipinski definition) is 1. The zero-order chi connectivity index (χ0) is 17.8. The van der Waals surface area contributed by atoms with Crippen LogP contribution in [0.5, 0.6) is 0 Å². The van der Waals surface area contributed by atoms with Crippen LogP contribution in [0.15, 0.2) is 65.1 Å². The van der Waals surface area contributed by atoms with Gasteiger partial charge in [0.05, 0.1) is 5.02 Å². The van der Waals surface area contributed by atoms with E-state index in [1.54, 1.807) is 18.2 Å². The monoisotopic (exact) mass is 354 g/mol. The quantitative estimate of drug-likeness (QED) is 0.707. The first-order valence-corrected chi connectivity index (χ1v) is 8.31. The third-order valence-corrected chi connectivity index (χ3v) is 4.05. The molecule has 0 fully saturated rings. The fourth-order valence-electron chi connectivity index (χ4n) is 2.57. The summed E-state index contributed by atoms with van der Waals surface area (Å²) >= 11 is 6.18. The van der Waals surface area contributed by atoms with Crippen LogP contribution < -0.4 is 5.32 Å². The van der Waals surface area contributed by atoms with Crippen molar-refractivity contribution >= 4 is 23.2 Å². The Hall–Kier alpha value is -2.56. The molecule has 0 saturated heterocycles. The number of halogens is 1. The van der Waals surface area contributed by atoms with Crippen LogP contribution >= 0.6 is 11.6 Å². The van der Waals surface area contributed by atoms with Gasteiger partial charge in [0.25, 0.3) is 5.91 Å². The van der Waals surface area contributed by atoms with Crippen LogP contribution in [0.3, 0.4) is 0 Å². The maximum atomic E-state index is 12.5. The molecule has 25 heavy (non-hydrogen) atoms. The van der Waals surface area contributed by atoms with Gasteiger partial charge in [-0.2, -0.15) is 0 Å². The SMILES string of the molecule is CN(C)Cc1ccccc1NC(=O)c1ccc(-c2ccccc2Cl)o1. The number of para-hydroxylation sites is 1. The van der Waals surface area contributed by atoms with E-state index in [2.05, 4.69) is 5.32 Å². The molecule has 1 aromatic heterocycles. The molecular formula is C20H19ClN2O2. The van der Waals surface area contributed by atoms with Crippen LogP contribution in [0.25, 0.3) is 11.3 Å². The zero-order valence-electron chi connectivity index (χ0n) is 14.1. The van der Waals surface area contributed by atoms with Crippen molar-refractivity contribution in [2.75, 3.05) is 19.4 Å². The number of nitrogens with zero attached hydrogens (tertiary/aromatic N) is 1. The third-order valence-electron chi connectivity index (χ3n) is 3.72. The van der Waals surface area contributed by atoms with E-state index in [-0.39, 0.29) is 11.7 Å². The average Bonchev–Trinajstić information content (AvgIpc) is 3.06. The Morgan fingerprint density at radius 3 is 2.52 bits per heavy atom. The second-order valence-corrected chi connectivity index (χ2v) is 6.40. The predicted molar refractivity (Wildman–Crippen MR) is 101 cm³/mol. The lowest BCUT2D eigenvalue weighted by Gasteiger charge is -2.14. The van der Waals surface area contributed by atoms with Gasteiger partial charge in [-0.25, -0.2) is 0 Å². The summed E-state index contributed by atoms with van der Waals surface area (Å²) in [5.74, 6) is 0.524. The molecule has 1 heterocycles. The third kappa shape index (κ3) is 4.10. The van der Waals surface area contributed by atoms with Crippen molar-refractivity contribution in [2.45, 2.75) is 6.54 Å². The molecule has 3 aromatic rings. The van der Waals surface area contributed by atoms with Gasteiger partial charge in [0.1, 0.15) is 5.76 Å². The topological polar surface area (TPSA) is 45.5 Å². The van der Waals surface area contributed by atoms with Crippen LogP contribution in [0, 0.1) is 0 Å². The summed E-state index contributed by atoms with van der Waals surface area (Å²) in [4.78, 5) is 14.6. The van der Waals surface area contributed by atoms with Gasteiger partial charge in [0, 0.05) is 17.8 Å². The normalized spacial score (nSPS) is 10.9. The fraction of sp³-hybridized carbons (Fsp3) is 0.150. The summed E-state index contributed by atoms with van der Waals surface area (Å²) < 4.78 is 5.70. The van der Waals surface area contributed by atoms with Crippen molar-refractivity contribution in [2.24, 2.45) is 0 Å². The van der Waals surface area contributed by atoms with E-state index < -0.39 is 0 Å². The van der Waals surface area contributed by atoms with E-state index in [0.29, 0.717) is 10.8 Å². The minimum atomic E-state index is -0.287. The molecule has 128 valence electrons. The van der Waals surface area contributed by atoms with Crippen molar-refractivity contribution in [3.8, 4) is 11.3 Å². The lowest BCUT2D eigenvalue weighted by molar-refractivity contribution is 0.0997. The molecule has 0 aliphatic carbocycles. The van der Waals surface area contributed by atoms with Crippen molar-refractivity contribution in [1.29, 1.82) is 0 Å². The van der Waals surface area contributed by atoms with Gasteiger partial charge in [-0.1, -0.05) is 41.9 Å². The Balaban J connectivity index is 1.81. The van der Waals surface area contributed by atoms with Crippen LogP contribution in [-0.4, -0.2) is 24.9 Å². The van der Waals surface area contributed by atoms with Crippen molar-refractivity contribution in [3.63, 3.8) is 0 Å². The number of anilines is 1. The Labute approximate surface area is 152 Å². The lowest BCUT2D eigenvalue weighted by Crippen LogP contribution is -2.16. The summed E-state index contributed by atoms with van der Waals surface area (Å²) in [6.07, 6.45) is 0. The maximum absolute atomic E-state index is 12.5. The number of amides is 1. The highest BCUT2D eigenvalue weighted by Crippen LogP contribution is 2.29. The largest absolute Gasteiger partial charge is 0.451 e. The van der Waals surface area contributed by atoms with Crippen LogP contribution in [0.4, 0.5) is 5.69 Å². The van der Waals surface area contributed by atoms with E-state index in [9.17, 15) is 4.79 Å². The molecule has 0 atom stereocenters. The number of carbonyl (C=O) groups excluding carboxylic acids is 1. The Bertz CT molecular complexity index is 887. The maximum Gasteiger partial charge on any atom is 0.291 e. The number of furan rings is 1. The minimum absolute atomic E-state index is 0.245. The minimum Gasteiger partial charge on any atom is -0.451 e.